The number of rotatable bonds is 10. The molecule has 1 unspecified atom stereocenters. The summed E-state index contributed by atoms with van der Waals surface area (Å²) in [6, 6.07) is 82.5. The fourth-order valence-corrected chi connectivity index (χ4v) is 8.92. The molecule has 5 N–H and O–H groups in total. The Labute approximate surface area is 396 Å². The van der Waals surface area contributed by atoms with E-state index in [1.54, 1.807) is 0 Å². The van der Waals surface area contributed by atoms with E-state index in [1.807, 2.05) is 60.7 Å². The first-order chi connectivity index (χ1) is 33.5. The number of nitrogens with zero attached hydrogens (tertiary/aromatic N) is 3. The monoisotopic (exact) mass is 874 g/mol. The SMILES string of the molecule is Nc1cc(-c2ccccc2)nc(-c2ccc(-c3cc(-c4ccccc4)ccc3-c3cccc(-c4ccc(C5=CC(N)NC(c6cc(-c7ccccc7)cc(-c7ccccc7)c6)=N5)cc4)c3)cc2)n1. The minimum atomic E-state index is -0.411. The van der Waals surface area contributed by atoms with E-state index in [9.17, 15) is 0 Å². The van der Waals surface area contributed by atoms with Gasteiger partial charge in [0.05, 0.1) is 17.6 Å². The summed E-state index contributed by atoms with van der Waals surface area (Å²) in [5.74, 6) is 1.75. The van der Waals surface area contributed by atoms with Gasteiger partial charge in [-0.1, -0.05) is 200 Å². The highest BCUT2D eigenvalue weighted by molar-refractivity contribution is 6.05. The van der Waals surface area contributed by atoms with Gasteiger partial charge in [-0.15, -0.1) is 0 Å². The number of nitrogen functional groups attached to an aromatic ring is 1. The molecule has 0 fully saturated rings. The molecule has 10 aromatic rings. The van der Waals surface area contributed by atoms with Gasteiger partial charge in [0.1, 0.15) is 11.7 Å². The molecule has 0 amide bonds. The fraction of sp³-hybridized carbons (Fsp3) is 0.0161. The molecular weight excluding hydrogens is 829 g/mol. The summed E-state index contributed by atoms with van der Waals surface area (Å²) in [6.45, 7) is 0. The van der Waals surface area contributed by atoms with E-state index in [2.05, 4.69) is 192 Å². The van der Waals surface area contributed by atoms with E-state index in [0.29, 0.717) is 11.6 Å². The molecule has 0 aliphatic carbocycles. The van der Waals surface area contributed by atoms with Crippen molar-refractivity contribution in [3.63, 3.8) is 0 Å². The van der Waals surface area contributed by atoms with Crippen LogP contribution in [0.2, 0.25) is 0 Å². The zero-order valence-electron chi connectivity index (χ0n) is 37.2. The molecule has 0 saturated carbocycles. The van der Waals surface area contributed by atoms with E-state index < -0.39 is 6.17 Å². The van der Waals surface area contributed by atoms with Crippen LogP contribution in [0.15, 0.2) is 248 Å². The van der Waals surface area contributed by atoms with Crippen molar-refractivity contribution in [1.29, 1.82) is 0 Å². The van der Waals surface area contributed by atoms with Gasteiger partial charge in [-0.3, -0.25) is 0 Å². The van der Waals surface area contributed by atoms with Crippen LogP contribution in [-0.2, 0) is 0 Å². The van der Waals surface area contributed by atoms with Crippen molar-refractivity contribution >= 4 is 17.4 Å². The lowest BCUT2D eigenvalue weighted by Gasteiger charge is -2.22. The van der Waals surface area contributed by atoms with E-state index in [4.69, 9.17) is 21.4 Å². The van der Waals surface area contributed by atoms with Crippen molar-refractivity contribution in [1.82, 2.24) is 15.3 Å². The largest absolute Gasteiger partial charge is 0.384 e. The molecule has 11 rings (SSSR count). The standard InChI is InChI=1S/C62H46N6/c63-59-39-57(46-20-11-4-12-21-46)65-61(67-59)48-30-26-45(27-31-48)56-38-50(41-14-5-1-6-15-41)32-33-55(56)51-23-13-22-49(34-51)44-24-28-47(29-25-44)58-40-60(64)68-62(66-58)54-36-52(42-16-7-2-8-17-42)35-53(37-54)43-18-9-3-10-19-43/h1-40,60H,64H2,(H,66,68)(H2,63,65,67). The number of aromatic nitrogens is 2. The van der Waals surface area contributed by atoms with Crippen LogP contribution in [0.1, 0.15) is 11.1 Å². The minimum absolute atomic E-state index is 0.411. The predicted octanol–water partition coefficient (Wildman–Crippen LogP) is 14.1. The van der Waals surface area contributed by atoms with Gasteiger partial charge in [0.2, 0.25) is 0 Å². The van der Waals surface area contributed by atoms with Gasteiger partial charge in [0, 0.05) is 28.3 Å². The third kappa shape index (κ3) is 8.88. The molecule has 0 spiro atoms. The summed E-state index contributed by atoms with van der Waals surface area (Å²) in [6.07, 6.45) is 1.57. The average molecular weight is 875 g/mol. The Morgan fingerprint density at radius 1 is 0.338 bits per heavy atom. The van der Waals surface area contributed by atoms with Gasteiger partial charge in [-0.05, 0) is 103 Å². The summed E-state index contributed by atoms with van der Waals surface area (Å²) >= 11 is 0. The number of anilines is 1. The summed E-state index contributed by atoms with van der Waals surface area (Å²) in [7, 11) is 0. The molecule has 68 heavy (non-hydrogen) atoms. The lowest BCUT2D eigenvalue weighted by Crippen LogP contribution is -2.42. The zero-order valence-corrected chi connectivity index (χ0v) is 37.2. The topological polar surface area (TPSA) is 102 Å². The zero-order chi connectivity index (χ0) is 45.8. The molecule has 324 valence electrons. The number of hydrogen-bond acceptors (Lipinski definition) is 6. The molecule has 0 bridgehead atoms. The highest BCUT2D eigenvalue weighted by Crippen LogP contribution is 2.39. The number of amidine groups is 1. The Morgan fingerprint density at radius 2 is 0.794 bits per heavy atom. The molecule has 1 aromatic heterocycles. The first-order valence-corrected chi connectivity index (χ1v) is 22.8. The second-order valence-corrected chi connectivity index (χ2v) is 16.9. The van der Waals surface area contributed by atoms with Crippen molar-refractivity contribution in [2.75, 3.05) is 5.73 Å². The third-order valence-corrected chi connectivity index (χ3v) is 12.4. The summed E-state index contributed by atoms with van der Waals surface area (Å²) < 4.78 is 0. The van der Waals surface area contributed by atoms with Crippen LogP contribution in [0.25, 0.3) is 95.1 Å². The normalized spacial score (nSPS) is 13.3. The highest BCUT2D eigenvalue weighted by Gasteiger charge is 2.19. The van der Waals surface area contributed by atoms with E-state index in [1.165, 1.54) is 0 Å². The molecule has 0 radical (unpaired) electrons. The van der Waals surface area contributed by atoms with Gasteiger partial charge in [-0.2, -0.15) is 0 Å². The molecular formula is C62H46N6. The van der Waals surface area contributed by atoms with E-state index >= 15 is 0 Å². The summed E-state index contributed by atoms with van der Waals surface area (Å²) in [5, 5.41) is 3.44. The summed E-state index contributed by atoms with van der Waals surface area (Å²) in [4.78, 5) is 14.7. The fourth-order valence-electron chi connectivity index (χ4n) is 8.92. The van der Waals surface area contributed by atoms with Crippen molar-refractivity contribution in [2.45, 2.75) is 6.17 Å². The maximum absolute atomic E-state index is 6.66. The Balaban J connectivity index is 0.907. The molecule has 0 saturated heterocycles. The molecule has 6 nitrogen and oxygen atoms in total. The lowest BCUT2D eigenvalue weighted by molar-refractivity contribution is 0.759. The average Bonchev–Trinajstić information content (AvgIpc) is 3.41. The Bertz CT molecular complexity index is 3400. The van der Waals surface area contributed by atoms with Crippen LogP contribution in [0.5, 0.6) is 0 Å². The Hall–Kier alpha value is -8.97. The number of nitrogens with one attached hydrogen (secondary N) is 1. The predicted molar refractivity (Wildman–Crippen MR) is 282 cm³/mol. The number of hydrogen-bond donors (Lipinski definition) is 3. The third-order valence-electron chi connectivity index (χ3n) is 12.4. The molecule has 6 heteroatoms. The number of aliphatic imine (C=N–C) groups is 1. The quantitative estimate of drug-likeness (QED) is 0.127. The van der Waals surface area contributed by atoms with Crippen molar-refractivity contribution in [3.8, 4) is 89.4 Å². The second kappa shape index (κ2) is 18.5. The van der Waals surface area contributed by atoms with Crippen molar-refractivity contribution in [2.24, 2.45) is 10.7 Å². The van der Waals surface area contributed by atoms with E-state index in [-0.39, 0.29) is 0 Å². The van der Waals surface area contributed by atoms with Gasteiger partial charge >= 0.3 is 0 Å². The molecule has 9 aromatic carbocycles. The summed E-state index contributed by atoms with van der Waals surface area (Å²) in [5.41, 5.74) is 31.9. The van der Waals surface area contributed by atoms with Crippen LogP contribution >= 0.6 is 0 Å². The second-order valence-electron chi connectivity index (χ2n) is 16.9. The Morgan fingerprint density at radius 3 is 1.43 bits per heavy atom. The molecule has 2 heterocycles. The van der Waals surface area contributed by atoms with Crippen LogP contribution in [0.4, 0.5) is 5.82 Å². The van der Waals surface area contributed by atoms with Crippen LogP contribution in [-0.4, -0.2) is 22.0 Å². The Kier molecular flexibility index (Phi) is 11.3. The van der Waals surface area contributed by atoms with E-state index in [0.717, 1.165) is 106 Å². The minimum Gasteiger partial charge on any atom is -0.384 e. The molecule has 1 aliphatic heterocycles. The first-order valence-electron chi connectivity index (χ1n) is 22.8. The molecule has 1 atom stereocenters. The van der Waals surface area contributed by atoms with Gasteiger partial charge in [-0.25, -0.2) is 15.0 Å². The van der Waals surface area contributed by atoms with Gasteiger partial charge in [0.15, 0.2) is 5.82 Å². The van der Waals surface area contributed by atoms with Crippen LogP contribution in [0, 0.1) is 0 Å². The number of benzene rings is 9. The first kappa shape index (κ1) is 41.7. The van der Waals surface area contributed by atoms with Crippen LogP contribution < -0.4 is 16.8 Å². The van der Waals surface area contributed by atoms with Gasteiger partial charge < -0.3 is 16.8 Å². The molecule has 1 aliphatic rings. The highest BCUT2D eigenvalue weighted by atomic mass is 15.1. The van der Waals surface area contributed by atoms with Crippen LogP contribution in [0.3, 0.4) is 0 Å². The number of nitrogens with two attached hydrogens (primary N) is 2. The van der Waals surface area contributed by atoms with Crippen molar-refractivity contribution < 1.29 is 0 Å². The smallest absolute Gasteiger partial charge is 0.162 e. The maximum atomic E-state index is 6.66. The van der Waals surface area contributed by atoms with Gasteiger partial charge in [0.25, 0.3) is 0 Å². The lowest BCUT2D eigenvalue weighted by atomic mass is 9.89. The van der Waals surface area contributed by atoms with Crippen molar-refractivity contribution in [3.05, 3.63) is 254 Å². The maximum Gasteiger partial charge on any atom is 0.162 e.